The van der Waals surface area contributed by atoms with Gasteiger partial charge >= 0.3 is 5.97 Å². The Kier molecular flexibility index (Phi) is 8.28. The predicted octanol–water partition coefficient (Wildman–Crippen LogP) is 4.46. The van der Waals surface area contributed by atoms with Crippen molar-refractivity contribution in [1.82, 2.24) is 4.98 Å². The van der Waals surface area contributed by atoms with Gasteiger partial charge in [-0.25, -0.2) is 0 Å². The van der Waals surface area contributed by atoms with E-state index in [1.807, 2.05) is 18.3 Å². The van der Waals surface area contributed by atoms with Crippen molar-refractivity contribution in [3.63, 3.8) is 0 Å². The molecule has 4 heteroatoms. The third kappa shape index (κ3) is 10.2. The van der Waals surface area contributed by atoms with Gasteiger partial charge in [-0.15, -0.1) is 0 Å². The van der Waals surface area contributed by atoms with Gasteiger partial charge in [0, 0.05) is 26.4 Å². The van der Waals surface area contributed by atoms with Crippen molar-refractivity contribution in [2.24, 2.45) is 0 Å². The first kappa shape index (κ1) is 17.9. The van der Waals surface area contributed by atoms with Crippen LogP contribution in [-0.4, -0.2) is 25.6 Å². The van der Waals surface area contributed by atoms with Crippen molar-refractivity contribution in [1.29, 1.82) is 0 Å². The first-order valence-corrected chi connectivity index (χ1v) is 11.7. The maximum atomic E-state index is 11.6. The van der Waals surface area contributed by atoms with E-state index in [4.69, 9.17) is 4.74 Å². The Labute approximate surface area is 130 Å². The van der Waals surface area contributed by atoms with Crippen LogP contribution in [0, 0.1) is 0 Å². The molecule has 3 nitrogen and oxygen atoms in total. The molecule has 21 heavy (non-hydrogen) atoms. The molecule has 0 aliphatic carbocycles. The monoisotopic (exact) mass is 307 g/mol. The van der Waals surface area contributed by atoms with Crippen LogP contribution in [0.1, 0.15) is 37.8 Å². The van der Waals surface area contributed by atoms with Crippen LogP contribution in [0.15, 0.2) is 24.4 Å². The SMILES string of the molecule is C[Si](C)(C)CCOC(=O)CCCCCCc1ccccn1. The van der Waals surface area contributed by atoms with Crippen LogP contribution in [0.25, 0.3) is 0 Å². The van der Waals surface area contributed by atoms with Gasteiger partial charge in [-0.05, 0) is 37.4 Å². The predicted molar refractivity (Wildman–Crippen MR) is 90.1 cm³/mol. The second-order valence-electron chi connectivity index (χ2n) is 6.77. The molecule has 0 aliphatic heterocycles. The molecule has 1 aromatic rings. The van der Waals surface area contributed by atoms with Crippen molar-refractivity contribution in [2.45, 2.75) is 64.2 Å². The van der Waals surface area contributed by atoms with Crippen LogP contribution < -0.4 is 0 Å². The Balaban J connectivity index is 1.95. The smallest absolute Gasteiger partial charge is 0.305 e. The van der Waals surface area contributed by atoms with Gasteiger partial charge in [0.05, 0.1) is 6.61 Å². The van der Waals surface area contributed by atoms with E-state index < -0.39 is 8.07 Å². The molecule has 0 amide bonds. The fourth-order valence-corrected chi connectivity index (χ4v) is 2.73. The number of pyridine rings is 1. The Morgan fingerprint density at radius 2 is 1.90 bits per heavy atom. The van der Waals surface area contributed by atoms with Crippen LogP contribution in [0.5, 0.6) is 0 Å². The summed E-state index contributed by atoms with van der Waals surface area (Å²) in [5.74, 6) is -0.0297. The van der Waals surface area contributed by atoms with Crippen LogP contribution >= 0.6 is 0 Å². The van der Waals surface area contributed by atoms with Crippen LogP contribution in [-0.2, 0) is 16.0 Å². The highest BCUT2D eigenvalue weighted by Crippen LogP contribution is 2.10. The highest BCUT2D eigenvalue weighted by molar-refractivity contribution is 6.76. The standard InChI is InChI=1S/C17H29NO2Si/c1-21(2,3)15-14-20-17(19)12-7-5-4-6-10-16-11-8-9-13-18-16/h8-9,11,13H,4-7,10,12,14-15H2,1-3H3. The number of carbonyl (C=O) groups is 1. The highest BCUT2D eigenvalue weighted by atomic mass is 28.3. The van der Waals surface area contributed by atoms with E-state index in [-0.39, 0.29) is 5.97 Å². The minimum atomic E-state index is -1.09. The lowest BCUT2D eigenvalue weighted by Crippen LogP contribution is -2.22. The fraction of sp³-hybridized carbons (Fsp3) is 0.647. The zero-order valence-corrected chi connectivity index (χ0v) is 14.7. The number of nitrogens with zero attached hydrogens (tertiary/aromatic N) is 1. The minimum Gasteiger partial charge on any atom is -0.466 e. The van der Waals surface area contributed by atoms with Gasteiger partial charge in [0.1, 0.15) is 0 Å². The minimum absolute atomic E-state index is 0.0297. The highest BCUT2D eigenvalue weighted by Gasteiger charge is 2.13. The summed E-state index contributed by atoms with van der Waals surface area (Å²) in [4.78, 5) is 15.9. The van der Waals surface area contributed by atoms with E-state index in [0.717, 1.165) is 43.8 Å². The molecular weight excluding hydrogens is 278 g/mol. The Bertz CT molecular complexity index is 401. The largest absolute Gasteiger partial charge is 0.466 e. The van der Waals surface area contributed by atoms with Gasteiger partial charge in [0.25, 0.3) is 0 Å². The lowest BCUT2D eigenvalue weighted by molar-refractivity contribution is -0.143. The summed E-state index contributed by atoms with van der Waals surface area (Å²) in [6.07, 6.45) is 7.76. The normalized spacial score (nSPS) is 11.4. The van der Waals surface area contributed by atoms with Gasteiger partial charge in [-0.1, -0.05) is 38.5 Å². The Hall–Kier alpha value is -1.16. The molecule has 0 N–H and O–H groups in total. The third-order valence-electron chi connectivity index (χ3n) is 3.41. The summed E-state index contributed by atoms with van der Waals surface area (Å²) in [5.41, 5.74) is 1.16. The van der Waals surface area contributed by atoms with Crippen LogP contribution in [0.3, 0.4) is 0 Å². The Morgan fingerprint density at radius 1 is 1.14 bits per heavy atom. The number of ether oxygens (including phenoxy) is 1. The zero-order valence-electron chi connectivity index (χ0n) is 13.7. The van der Waals surface area contributed by atoms with Gasteiger partial charge in [-0.3, -0.25) is 9.78 Å². The molecule has 0 saturated carbocycles. The van der Waals surface area contributed by atoms with Gasteiger partial charge < -0.3 is 4.74 Å². The molecule has 0 bridgehead atoms. The summed E-state index contributed by atoms with van der Waals surface area (Å²) in [6.45, 7) is 7.49. The van der Waals surface area contributed by atoms with Gasteiger partial charge in [0.15, 0.2) is 0 Å². The van der Waals surface area contributed by atoms with E-state index in [9.17, 15) is 4.79 Å². The van der Waals surface area contributed by atoms with Crippen molar-refractivity contribution < 1.29 is 9.53 Å². The quantitative estimate of drug-likeness (QED) is 0.364. The maximum absolute atomic E-state index is 11.6. The second kappa shape index (κ2) is 9.72. The van der Waals surface area contributed by atoms with Crippen LogP contribution in [0.2, 0.25) is 25.7 Å². The van der Waals surface area contributed by atoms with E-state index in [2.05, 4.69) is 30.7 Å². The first-order valence-electron chi connectivity index (χ1n) is 8.03. The number of hydrogen-bond acceptors (Lipinski definition) is 3. The number of esters is 1. The van der Waals surface area contributed by atoms with E-state index in [1.165, 1.54) is 0 Å². The number of rotatable bonds is 10. The topological polar surface area (TPSA) is 39.2 Å². The molecule has 0 spiro atoms. The fourth-order valence-electron chi connectivity index (χ4n) is 2.02. The number of hydrogen-bond donors (Lipinski definition) is 0. The number of aryl methyl sites for hydroxylation is 1. The second-order valence-corrected chi connectivity index (χ2v) is 12.4. The van der Waals surface area contributed by atoms with E-state index in [0.29, 0.717) is 13.0 Å². The zero-order chi connectivity index (χ0) is 15.6. The lowest BCUT2D eigenvalue weighted by Gasteiger charge is -2.15. The molecule has 0 fully saturated rings. The van der Waals surface area contributed by atoms with Crippen LogP contribution in [0.4, 0.5) is 0 Å². The number of aromatic nitrogens is 1. The molecule has 0 aromatic carbocycles. The number of unbranched alkanes of at least 4 members (excludes halogenated alkanes) is 3. The van der Waals surface area contributed by atoms with E-state index >= 15 is 0 Å². The van der Waals surface area contributed by atoms with Gasteiger partial charge in [0.2, 0.25) is 0 Å². The summed E-state index contributed by atoms with van der Waals surface area (Å²) >= 11 is 0. The average Bonchev–Trinajstić information content (AvgIpc) is 2.42. The van der Waals surface area contributed by atoms with Crippen molar-refractivity contribution in [3.8, 4) is 0 Å². The molecule has 1 aromatic heterocycles. The molecule has 1 heterocycles. The maximum Gasteiger partial charge on any atom is 0.305 e. The van der Waals surface area contributed by atoms with Crippen molar-refractivity contribution in [3.05, 3.63) is 30.1 Å². The summed E-state index contributed by atoms with van der Waals surface area (Å²) in [5, 5.41) is 0. The van der Waals surface area contributed by atoms with Gasteiger partial charge in [-0.2, -0.15) is 0 Å². The third-order valence-corrected chi connectivity index (χ3v) is 5.11. The molecule has 118 valence electrons. The molecule has 1 rings (SSSR count). The Morgan fingerprint density at radius 3 is 2.57 bits per heavy atom. The van der Waals surface area contributed by atoms with E-state index in [1.54, 1.807) is 0 Å². The average molecular weight is 308 g/mol. The van der Waals surface area contributed by atoms with Crippen molar-refractivity contribution in [2.75, 3.05) is 6.61 Å². The molecule has 0 atom stereocenters. The summed E-state index contributed by atoms with van der Waals surface area (Å²) < 4.78 is 5.28. The first-order chi connectivity index (χ1) is 9.97. The summed E-state index contributed by atoms with van der Waals surface area (Å²) in [6, 6.07) is 7.09. The molecule has 0 aliphatic rings. The number of carbonyl (C=O) groups excluding carboxylic acids is 1. The molecule has 0 unspecified atom stereocenters. The summed E-state index contributed by atoms with van der Waals surface area (Å²) in [7, 11) is -1.09. The lowest BCUT2D eigenvalue weighted by atomic mass is 10.1. The molecule has 0 radical (unpaired) electrons. The molecule has 0 saturated heterocycles. The molecular formula is C17H29NO2Si. The van der Waals surface area contributed by atoms with Crippen molar-refractivity contribution >= 4 is 14.0 Å².